The molecule has 1 aliphatic heterocycles. The van der Waals surface area contributed by atoms with Crippen molar-refractivity contribution >= 4 is 21.4 Å². The molecule has 2 rings (SSSR count). The van der Waals surface area contributed by atoms with Crippen molar-refractivity contribution in [2.24, 2.45) is 0 Å². The molecule has 0 amide bonds. The average Bonchev–Trinajstić information content (AvgIpc) is 2.38. The Balaban J connectivity index is 2.35. The van der Waals surface area contributed by atoms with Gasteiger partial charge in [-0.3, -0.25) is 10.1 Å². The molecule has 1 fully saturated rings. The molecule has 0 radical (unpaired) electrons. The number of nitro benzene ring substituents is 1. The lowest BCUT2D eigenvalue weighted by Crippen LogP contribution is -2.51. The second kappa shape index (κ2) is 5.58. The van der Waals surface area contributed by atoms with Crippen molar-refractivity contribution in [3.05, 3.63) is 28.3 Å². The molecule has 1 atom stereocenters. The van der Waals surface area contributed by atoms with Gasteiger partial charge in [-0.2, -0.15) is 0 Å². The van der Waals surface area contributed by atoms with Gasteiger partial charge in [0.25, 0.3) is 5.69 Å². The molecule has 9 heteroatoms. The van der Waals surface area contributed by atoms with Crippen LogP contribution in [0.4, 0.5) is 11.4 Å². The van der Waals surface area contributed by atoms with Crippen molar-refractivity contribution in [1.82, 2.24) is 4.72 Å². The van der Waals surface area contributed by atoms with Gasteiger partial charge in [-0.05, 0) is 25.8 Å². The number of anilines is 1. The third-order valence-corrected chi connectivity index (χ3v) is 5.01. The fourth-order valence-corrected chi connectivity index (χ4v) is 3.84. The summed E-state index contributed by atoms with van der Waals surface area (Å²) in [5.74, 6) is 0. The molecule has 0 spiro atoms. The van der Waals surface area contributed by atoms with E-state index >= 15 is 0 Å². The van der Waals surface area contributed by atoms with Gasteiger partial charge in [0, 0.05) is 18.7 Å². The lowest BCUT2D eigenvalue weighted by molar-refractivity contribution is -0.385. The SMILES string of the molecule is CC1(NS(=O)(=O)c2cc([N+](=O)[O-])ccc2N)CCCOC1. The van der Waals surface area contributed by atoms with Gasteiger partial charge in [-0.1, -0.05) is 0 Å². The summed E-state index contributed by atoms with van der Waals surface area (Å²) in [6.45, 7) is 2.58. The van der Waals surface area contributed by atoms with Crippen molar-refractivity contribution in [3.63, 3.8) is 0 Å². The molecule has 1 aliphatic rings. The predicted octanol–water partition coefficient (Wildman–Crippen LogP) is 1.02. The minimum atomic E-state index is -3.96. The summed E-state index contributed by atoms with van der Waals surface area (Å²) in [7, 11) is -3.96. The summed E-state index contributed by atoms with van der Waals surface area (Å²) < 4.78 is 32.7. The second-order valence-corrected chi connectivity index (χ2v) is 6.95. The van der Waals surface area contributed by atoms with Gasteiger partial charge in [0.2, 0.25) is 10.0 Å². The number of nitrogens with one attached hydrogen (secondary N) is 1. The number of benzene rings is 1. The molecule has 116 valence electrons. The summed E-state index contributed by atoms with van der Waals surface area (Å²) in [4.78, 5) is 9.82. The fourth-order valence-electron chi connectivity index (χ4n) is 2.26. The number of nitrogen functional groups attached to an aromatic ring is 1. The zero-order valence-electron chi connectivity index (χ0n) is 11.5. The highest BCUT2D eigenvalue weighted by Crippen LogP contribution is 2.27. The fraction of sp³-hybridized carbons (Fsp3) is 0.500. The Labute approximate surface area is 122 Å². The molecular weight excluding hydrogens is 298 g/mol. The minimum absolute atomic E-state index is 0.0339. The van der Waals surface area contributed by atoms with Gasteiger partial charge in [0.05, 0.1) is 22.8 Å². The molecule has 0 aromatic heterocycles. The minimum Gasteiger partial charge on any atom is -0.398 e. The highest BCUT2D eigenvalue weighted by molar-refractivity contribution is 7.89. The van der Waals surface area contributed by atoms with Crippen molar-refractivity contribution in [1.29, 1.82) is 0 Å². The predicted molar refractivity (Wildman–Crippen MR) is 76.3 cm³/mol. The molecule has 1 unspecified atom stereocenters. The third kappa shape index (κ3) is 3.49. The second-order valence-electron chi connectivity index (χ2n) is 5.30. The quantitative estimate of drug-likeness (QED) is 0.485. The zero-order chi connectivity index (χ0) is 15.7. The summed E-state index contributed by atoms with van der Waals surface area (Å²) in [6.07, 6.45) is 1.37. The molecule has 0 bridgehead atoms. The van der Waals surface area contributed by atoms with Crippen LogP contribution in [0.3, 0.4) is 0 Å². The number of rotatable bonds is 4. The maximum absolute atomic E-state index is 12.4. The topological polar surface area (TPSA) is 125 Å². The number of nitro groups is 1. The largest absolute Gasteiger partial charge is 0.398 e. The van der Waals surface area contributed by atoms with E-state index in [1.54, 1.807) is 6.92 Å². The van der Waals surface area contributed by atoms with Gasteiger partial charge >= 0.3 is 0 Å². The van der Waals surface area contributed by atoms with E-state index < -0.39 is 20.5 Å². The van der Waals surface area contributed by atoms with E-state index in [0.29, 0.717) is 13.0 Å². The van der Waals surface area contributed by atoms with E-state index in [9.17, 15) is 18.5 Å². The van der Waals surface area contributed by atoms with E-state index in [4.69, 9.17) is 10.5 Å². The highest BCUT2D eigenvalue weighted by Gasteiger charge is 2.34. The molecule has 1 saturated heterocycles. The summed E-state index contributed by atoms with van der Waals surface area (Å²) in [6, 6.07) is 3.34. The van der Waals surface area contributed by atoms with Crippen molar-refractivity contribution in [2.75, 3.05) is 18.9 Å². The Hall–Kier alpha value is -1.71. The Morgan fingerprint density at radius 1 is 1.48 bits per heavy atom. The molecule has 1 heterocycles. The van der Waals surface area contributed by atoms with Gasteiger partial charge in [-0.25, -0.2) is 13.1 Å². The number of nitrogens with zero attached hydrogens (tertiary/aromatic N) is 1. The van der Waals surface area contributed by atoms with Crippen LogP contribution in [0.1, 0.15) is 19.8 Å². The lowest BCUT2D eigenvalue weighted by atomic mass is 9.97. The standard InChI is InChI=1S/C12H17N3O5S/c1-12(5-2-6-20-8-12)14-21(18,19)11-7-9(15(16)17)3-4-10(11)13/h3-4,7,14H,2,5-6,8,13H2,1H3. The van der Waals surface area contributed by atoms with Crippen LogP contribution in [-0.2, 0) is 14.8 Å². The number of non-ortho nitro benzene ring substituents is 1. The highest BCUT2D eigenvalue weighted by atomic mass is 32.2. The van der Waals surface area contributed by atoms with Gasteiger partial charge in [0.15, 0.2) is 0 Å². The molecular formula is C12H17N3O5S. The van der Waals surface area contributed by atoms with Crippen molar-refractivity contribution in [3.8, 4) is 0 Å². The summed E-state index contributed by atoms with van der Waals surface area (Å²) >= 11 is 0. The monoisotopic (exact) mass is 315 g/mol. The van der Waals surface area contributed by atoms with Crippen LogP contribution in [0, 0.1) is 10.1 Å². The molecule has 8 nitrogen and oxygen atoms in total. The van der Waals surface area contributed by atoms with Crippen molar-refractivity contribution in [2.45, 2.75) is 30.2 Å². The average molecular weight is 315 g/mol. The van der Waals surface area contributed by atoms with E-state index in [1.165, 1.54) is 12.1 Å². The number of ether oxygens (including phenoxy) is 1. The molecule has 0 saturated carbocycles. The van der Waals surface area contributed by atoms with Crippen LogP contribution in [0.2, 0.25) is 0 Å². The van der Waals surface area contributed by atoms with Crippen LogP contribution in [0.15, 0.2) is 23.1 Å². The Morgan fingerprint density at radius 3 is 2.76 bits per heavy atom. The summed E-state index contributed by atoms with van der Waals surface area (Å²) in [5, 5.41) is 10.8. The molecule has 21 heavy (non-hydrogen) atoms. The first kappa shape index (κ1) is 15.7. The first-order chi connectivity index (χ1) is 9.73. The van der Waals surface area contributed by atoms with Crippen LogP contribution in [0.25, 0.3) is 0 Å². The first-order valence-corrected chi connectivity index (χ1v) is 7.87. The van der Waals surface area contributed by atoms with Crippen LogP contribution < -0.4 is 10.5 Å². The smallest absolute Gasteiger partial charge is 0.270 e. The van der Waals surface area contributed by atoms with E-state index in [-0.39, 0.29) is 22.9 Å². The van der Waals surface area contributed by atoms with Gasteiger partial charge < -0.3 is 10.5 Å². The lowest BCUT2D eigenvalue weighted by Gasteiger charge is -2.33. The Kier molecular flexibility index (Phi) is 4.17. The first-order valence-electron chi connectivity index (χ1n) is 6.39. The van der Waals surface area contributed by atoms with E-state index in [1.807, 2.05) is 0 Å². The van der Waals surface area contributed by atoms with Gasteiger partial charge in [-0.15, -0.1) is 0 Å². The molecule has 1 aromatic rings. The maximum Gasteiger partial charge on any atom is 0.270 e. The number of nitrogens with two attached hydrogens (primary N) is 1. The van der Waals surface area contributed by atoms with Crippen LogP contribution >= 0.6 is 0 Å². The molecule has 0 aliphatic carbocycles. The van der Waals surface area contributed by atoms with Gasteiger partial charge in [0.1, 0.15) is 4.90 Å². The summed E-state index contributed by atoms with van der Waals surface area (Å²) in [5.41, 5.74) is 4.55. The third-order valence-electron chi connectivity index (χ3n) is 3.32. The Bertz CT molecular complexity index is 653. The molecule has 3 N–H and O–H groups in total. The van der Waals surface area contributed by atoms with Crippen LogP contribution in [-0.4, -0.2) is 32.1 Å². The zero-order valence-corrected chi connectivity index (χ0v) is 12.4. The van der Waals surface area contributed by atoms with E-state index in [0.717, 1.165) is 12.5 Å². The maximum atomic E-state index is 12.4. The van der Waals surface area contributed by atoms with Crippen LogP contribution in [0.5, 0.6) is 0 Å². The van der Waals surface area contributed by atoms with Crippen molar-refractivity contribution < 1.29 is 18.1 Å². The number of hydrogen-bond donors (Lipinski definition) is 2. The number of sulfonamides is 1. The Morgan fingerprint density at radius 2 is 2.19 bits per heavy atom. The normalized spacial score (nSPS) is 22.9. The van der Waals surface area contributed by atoms with E-state index in [2.05, 4.69) is 4.72 Å². The molecule has 1 aromatic carbocycles. The number of hydrogen-bond acceptors (Lipinski definition) is 6.